The Morgan fingerprint density at radius 3 is 3.00 bits per heavy atom. The van der Waals surface area contributed by atoms with Gasteiger partial charge < -0.3 is 10.3 Å². The molecule has 0 spiro atoms. The fraction of sp³-hybridized carbons (Fsp3) is 0.429. The lowest BCUT2D eigenvalue weighted by molar-refractivity contribution is 0.375. The van der Waals surface area contributed by atoms with Gasteiger partial charge in [-0.15, -0.1) is 0 Å². The third-order valence-electron chi connectivity index (χ3n) is 1.43. The molecular formula is C7H12N3O2P. The van der Waals surface area contributed by atoms with E-state index in [-0.39, 0.29) is 11.5 Å². The Kier molecular flexibility index (Phi) is 3.39. The minimum atomic E-state index is -0.923. The van der Waals surface area contributed by atoms with Crippen LogP contribution in [0.2, 0.25) is 0 Å². The van der Waals surface area contributed by atoms with Crippen LogP contribution in [0.15, 0.2) is 17.1 Å². The number of aromatic nitrogens is 2. The van der Waals surface area contributed by atoms with Crippen LogP contribution in [0, 0.1) is 0 Å². The summed E-state index contributed by atoms with van der Waals surface area (Å²) in [6.45, 7) is 4.31. The molecule has 1 atom stereocenters. The second-order valence-electron chi connectivity index (χ2n) is 2.36. The highest BCUT2D eigenvalue weighted by Gasteiger charge is 2.06. The van der Waals surface area contributed by atoms with Crippen molar-refractivity contribution in [1.82, 2.24) is 9.32 Å². The summed E-state index contributed by atoms with van der Waals surface area (Å²) >= 11 is 0. The van der Waals surface area contributed by atoms with Gasteiger partial charge in [0.25, 0.3) is 0 Å². The van der Waals surface area contributed by atoms with Gasteiger partial charge in [-0.2, -0.15) is 4.98 Å². The molecule has 1 rings (SSSR count). The first kappa shape index (κ1) is 10.2. The average Bonchev–Trinajstić information content (AvgIpc) is 2.04. The number of hydrogen-bond donors (Lipinski definition) is 1. The van der Waals surface area contributed by atoms with Gasteiger partial charge in [0.15, 0.2) is 0 Å². The first-order valence-electron chi connectivity index (χ1n) is 3.87. The molecule has 0 aliphatic carbocycles. The molecule has 1 aromatic heterocycles. The minimum Gasteiger partial charge on any atom is -0.383 e. The van der Waals surface area contributed by atoms with E-state index in [0.717, 1.165) is 0 Å². The van der Waals surface area contributed by atoms with Crippen LogP contribution in [-0.2, 0) is 4.52 Å². The maximum Gasteiger partial charge on any atom is 0.354 e. The van der Waals surface area contributed by atoms with E-state index in [1.807, 2.05) is 13.6 Å². The fourth-order valence-electron chi connectivity index (χ4n) is 0.873. The molecule has 1 unspecified atom stereocenters. The Labute approximate surface area is 77.4 Å². The van der Waals surface area contributed by atoms with Crippen molar-refractivity contribution >= 4 is 14.1 Å². The first-order valence-corrected chi connectivity index (χ1v) is 5.53. The van der Waals surface area contributed by atoms with Gasteiger partial charge in [-0.3, -0.25) is 4.34 Å². The molecular weight excluding hydrogens is 189 g/mol. The Bertz CT molecular complexity index is 339. The van der Waals surface area contributed by atoms with Crippen molar-refractivity contribution < 1.29 is 4.52 Å². The summed E-state index contributed by atoms with van der Waals surface area (Å²) in [5.74, 6) is 0.237. The van der Waals surface area contributed by atoms with E-state index >= 15 is 0 Å². The van der Waals surface area contributed by atoms with Gasteiger partial charge in [0.1, 0.15) is 14.1 Å². The van der Waals surface area contributed by atoms with E-state index in [2.05, 4.69) is 4.98 Å². The molecule has 72 valence electrons. The quantitative estimate of drug-likeness (QED) is 0.729. The Balaban J connectivity index is 2.95. The van der Waals surface area contributed by atoms with Gasteiger partial charge >= 0.3 is 5.69 Å². The van der Waals surface area contributed by atoms with Crippen LogP contribution in [0.4, 0.5) is 5.82 Å². The van der Waals surface area contributed by atoms with Crippen LogP contribution < -0.4 is 11.4 Å². The van der Waals surface area contributed by atoms with Crippen molar-refractivity contribution in [2.24, 2.45) is 0 Å². The highest BCUT2D eigenvalue weighted by atomic mass is 31.2. The number of hydrogen-bond acceptors (Lipinski definition) is 4. The van der Waals surface area contributed by atoms with E-state index in [1.165, 1.54) is 4.34 Å². The monoisotopic (exact) mass is 201 g/mol. The molecule has 0 aromatic carbocycles. The molecule has 0 bridgehead atoms. The number of nitrogens with zero attached hydrogens (tertiary/aromatic N) is 2. The molecule has 0 aliphatic heterocycles. The highest BCUT2D eigenvalue weighted by Crippen LogP contribution is 2.31. The lowest BCUT2D eigenvalue weighted by atomic mass is 10.6. The van der Waals surface area contributed by atoms with Gasteiger partial charge in [-0.05, 0) is 13.0 Å². The van der Waals surface area contributed by atoms with Crippen molar-refractivity contribution in [3.8, 4) is 0 Å². The molecule has 1 aromatic rings. The zero-order valence-electron chi connectivity index (χ0n) is 7.60. The van der Waals surface area contributed by atoms with Crippen molar-refractivity contribution in [2.45, 2.75) is 6.92 Å². The number of anilines is 1. The molecule has 0 aliphatic rings. The topological polar surface area (TPSA) is 70.1 Å². The molecule has 13 heavy (non-hydrogen) atoms. The van der Waals surface area contributed by atoms with Crippen LogP contribution in [0.25, 0.3) is 0 Å². The molecule has 0 saturated carbocycles. The summed E-state index contributed by atoms with van der Waals surface area (Å²) in [7, 11) is -0.923. The lowest BCUT2D eigenvalue weighted by Crippen LogP contribution is -2.20. The molecule has 2 N–H and O–H groups in total. The van der Waals surface area contributed by atoms with Crippen LogP contribution >= 0.6 is 8.30 Å². The van der Waals surface area contributed by atoms with Crippen molar-refractivity contribution in [1.29, 1.82) is 0 Å². The Morgan fingerprint density at radius 2 is 2.46 bits per heavy atom. The number of nitrogens with two attached hydrogens (primary N) is 1. The van der Waals surface area contributed by atoms with Crippen molar-refractivity contribution in [2.75, 3.05) is 19.0 Å². The van der Waals surface area contributed by atoms with E-state index in [1.54, 1.807) is 12.3 Å². The smallest absolute Gasteiger partial charge is 0.354 e. The number of rotatable bonds is 3. The summed E-state index contributed by atoms with van der Waals surface area (Å²) < 4.78 is 6.75. The summed E-state index contributed by atoms with van der Waals surface area (Å²) in [6, 6.07) is 1.58. The van der Waals surface area contributed by atoms with Crippen LogP contribution in [0.5, 0.6) is 0 Å². The minimum absolute atomic E-state index is 0.237. The highest BCUT2D eigenvalue weighted by molar-refractivity contribution is 7.49. The standard InChI is InChI=1S/C7H12N3O2P/c1-3-12-13(2)10-5-4-6(8)9-7(10)11/h4-5H,3H2,1-2H3,(H2,8,9,11). The predicted octanol–water partition coefficient (Wildman–Crippen LogP) is 0.652. The molecule has 0 amide bonds. The zero-order chi connectivity index (χ0) is 9.84. The van der Waals surface area contributed by atoms with Crippen molar-refractivity contribution in [3.05, 3.63) is 22.7 Å². The summed E-state index contributed by atoms with van der Waals surface area (Å²) in [4.78, 5) is 14.9. The Morgan fingerprint density at radius 1 is 1.77 bits per heavy atom. The Hall–Kier alpha value is -0.930. The van der Waals surface area contributed by atoms with E-state index in [9.17, 15) is 4.79 Å². The van der Waals surface area contributed by atoms with E-state index < -0.39 is 8.30 Å². The predicted molar refractivity (Wildman–Crippen MR) is 52.8 cm³/mol. The zero-order valence-corrected chi connectivity index (χ0v) is 8.49. The average molecular weight is 201 g/mol. The lowest BCUT2D eigenvalue weighted by Gasteiger charge is -2.12. The van der Waals surface area contributed by atoms with Crippen molar-refractivity contribution in [3.63, 3.8) is 0 Å². The fourth-order valence-corrected chi connectivity index (χ4v) is 1.91. The number of nitrogen functional groups attached to an aromatic ring is 1. The molecule has 5 nitrogen and oxygen atoms in total. The van der Waals surface area contributed by atoms with Crippen LogP contribution in [0.1, 0.15) is 6.92 Å². The van der Waals surface area contributed by atoms with E-state index in [0.29, 0.717) is 6.61 Å². The molecule has 1 heterocycles. The van der Waals surface area contributed by atoms with Gasteiger partial charge in [0.2, 0.25) is 0 Å². The SMILES string of the molecule is CCOP(C)n1ccc(N)nc1=O. The normalized spacial score (nSPS) is 12.8. The maximum absolute atomic E-state index is 11.3. The van der Waals surface area contributed by atoms with E-state index in [4.69, 9.17) is 10.3 Å². The maximum atomic E-state index is 11.3. The summed E-state index contributed by atoms with van der Waals surface area (Å²) in [6.07, 6.45) is 1.60. The van der Waals surface area contributed by atoms with Crippen LogP contribution in [-0.4, -0.2) is 22.6 Å². The summed E-state index contributed by atoms with van der Waals surface area (Å²) in [5.41, 5.74) is 4.98. The van der Waals surface area contributed by atoms with Gasteiger partial charge in [0, 0.05) is 12.9 Å². The largest absolute Gasteiger partial charge is 0.383 e. The molecule has 0 radical (unpaired) electrons. The molecule has 0 fully saturated rings. The molecule has 6 heteroatoms. The third kappa shape index (κ3) is 2.50. The van der Waals surface area contributed by atoms with Gasteiger partial charge in [-0.1, -0.05) is 0 Å². The second kappa shape index (κ2) is 4.35. The second-order valence-corrected chi connectivity index (χ2v) is 3.98. The molecule has 0 saturated heterocycles. The van der Waals surface area contributed by atoms with Gasteiger partial charge in [0.05, 0.1) is 6.61 Å². The van der Waals surface area contributed by atoms with Crippen LogP contribution in [0.3, 0.4) is 0 Å². The van der Waals surface area contributed by atoms with Gasteiger partial charge in [-0.25, -0.2) is 4.79 Å². The summed E-state index contributed by atoms with van der Waals surface area (Å²) in [5, 5.41) is 0. The third-order valence-corrected chi connectivity index (χ3v) is 2.97. The first-order chi connectivity index (χ1) is 6.15.